The molecule has 0 saturated heterocycles. The number of thioether (sulfide) groups is 1. The van der Waals surface area contributed by atoms with Gasteiger partial charge in [-0.3, -0.25) is 4.79 Å². The average Bonchev–Trinajstić information content (AvgIpc) is 3.08. The molecule has 5 nitrogen and oxygen atoms in total. The highest BCUT2D eigenvalue weighted by Crippen LogP contribution is 2.26. The minimum absolute atomic E-state index is 0.0544. The molecule has 0 aliphatic carbocycles. The van der Waals surface area contributed by atoms with Crippen molar-refractivity contribution in [1.82, 2.24) is 9.36 Å². The van der Waals surface area contributed by atoms with Crippen molar-refractivity contribution in [3.8, 4) is 17.1 Å². The summed E-state index contributed by atoms with van der Waals surface area (Å²) in [6, 6.07) is 13.6. The molecule has 7 heteroatoms. The Morgan fingerprint density at radius 1 is 1.15 bits per heavy atom. The molecule has 3 rings (SSSR count). The van der Waals surface area contributed by atoms with Gasteiger partial charge in [0, 0.05) is 11.3 Å². The molecule has 0 bridgehead atoms. The van der Waals surface area contributed by atoms with Gasteiger partial charge in [0.05, 0.1) is 12.9 Å². The van der Waals surface area contributed by atoms with Gasteiger partial charge in [0.25, 0.3) is 0 Å². The fraction of sp³-hybridized carbons (Fsp3) is 0.211. The second-order valence-corrected chi connectivity index (χ2v) is 7.80. The summed E-state index contributed by atoms with van der Waals surface area (Å²) in [5.41, 5.74) is 4.00. The van der Waals surface area contributed by atoms with E-state index in [0.717, 1.165) is 32.5 Å². The summed E-state index contributed by atoms with van der Waals surface area (Å²) in [6.45, 7) is 4.03. The summed E-state index contributed by atoms with van der Waals surface area (Å²) in [4.78, 5) is 16.7. The van der Waals surface area contributed by atoms with Crippen molar-refractivity contribution in [2.45, 2.75) is 18.2 Å². The van der Waals surface area contributed by atoms with Crippen molar-refractivity contribution in [1.29, 1.82) is 0 Å². The van der Waals surface area contributed by atoms with Crippen LogP contribution >= 0.6 is 23.3 Å². The van der Waals surface area contributed by atoms with Crippen LogP contribution in [-0.4, -0.2) is 28.1 Å². The summed E-state index contributed by atoms with van der Waals surface area (Å²) in [7, 11) is 1.63. The van der Waals surface area contributed by atoms with Crippen LogP contribution in [0.1, 0.15) is 11.1 Å². The van der Waals surface area contributed by atoms with Crippen molar-refractivity contribution < 1.29 is 9.53 Å². The summed E-state index contributed by atoms with van der Waals surface area (Å²) < 4.78 is 10.3. The largest absolute Gasteiger partial charge is 0.497 e. The van der Waals surface area contributed by atoms with Gasteiger partial charge in [-0.05, 0) is 72.9 Å². The van der Waals surface area contributed by atoms with Gasteiger partial charge in [-0.1, -0.05) is 17.8 Å². The molecule has 134 valence electrons. The second kappa shape index (κ2) is 8.33. The fourth-order valence-electron chi connectivity index (χ4n) is 2.50. The van der Waals surface area contributed by atoms with Gasteiger partial charge in [0.15, 0.2) is 10.2 Å². The molecule has 0 saturated carbocycles. The van der Waals surface area contributed by atoms with E-state index in [2.05, 4.69) is 20.7 Å². The van der Waals surface area contributed by atoms with E-state index in [9.17, 15) is 4.79 Å². The van der Waals surface area contributed by atoms with Crippen LogP contribution in [0.2, 0.25) is 0 Å². The maximum absolute atomic E-state index is 12.2. The Morgan fingerprint density at radius 2 is 1.85 bits per heavy atom. The van der Waals surface area contributed by atoms with Crippen LogP contribution in [0.25, 0.3) is 11.4 Å². The number of carbonyl (C=O) groups excluding carboxylic acids is 1. The molecule has 0 atom stereocenters. The SMILES string of the molecule is COc1ccc(-c2nsc(SCC(=O)Nc3cc(C)cc(C)c3)n2)cc1. The van der Waals surface area contributed by atoms with Crippen LogP contribution in [0.3, 0.4) is 0 Å². The van der Waals surface area contributed by atoms with Crippen molar-refractivity contribution in [3.05, 3.63) is 53.6 Å². The fourth-order valence-corrected chi connectivity index (χ4v) is 3.91. The number of benzene rings is 2. The number of nitrogens with zero attached hydrogens (tertiary/aromatic N) is 2. The number of carbonyl (C=O) groups is 1. The van der Waals surface area contributed by atoms with Crippen LogP contribution in [0, 0.1) is 13.8 Å². The zero-order valence-corrected chi connectivity index (χ0v) is 16.4. The van der Waals surface area contributed by atoms with Crippen LogP contribution in [0.4, 0.5) is 5.69 Å². The molecule has 1 N–H and O–H groups in total. The van der Waals surface area contributed by atoms with E-state index in [1.165, 1.54) is 23.3 Å². The van der Waals surface area contributed by atoms with Gasteiger partial charge in [0.1, 0.15) is 5.75 Å². The maximum Gasteiger partial charge on any atom is 0.234 e. The number of hydrogen-bond acceptors (Lipinski definition) is 6. The molecular weight excluding hydrogens is 366 g/mol. The molecule has 0 unspecified atom stereocenters. The molecule has 1 amide bonds. The molecule has 0 aliphatic heterocycles. The first-order chi connectivity index (χ1) is 12.5. The lowest BCUT2D eigenvalue weighted by Gasteiger charge is -2.06. The number of hydrogen-bond donors (Lipinski definition) is 1. The monoisotopic (exact) mass is 385 g/mol. The predicted molar refractivity (Wildman–Crippen MR) is 107 cm³/mol. The van der Waals surface area contributed by atoms with Gasteiger partial charge >= 0.3 is 0 Å². The number of aromatic nitrogens is 2. The number of amides is 1. The van der Waals surface area contributed by atoms with Crippen molar-refractivity contribution in [2.24, 2.45) is 0 Å². The number of anilines is 1. The average molecular weight is 386 g/mol. The molecule has 0 radical (unpaired) electrons. The zero-order chi connectivity index (χ0) is 18.5. The first kappa shape index (κ1) is 18.4. The van der Waals surface area contributed by atoms with Crippen molar-refractivity contribution in [3.63, 3.8) is 0 Å². The highest BCUT2D eigenvalue weighted by Gasteiger charge is 2.10. The highest BCUT2D eigenvalue weighted by molar-refractivity contribution is 8.01. The number of methoxy groups -OCH3 is 1. The van der Waals surface area contributed by atoms with Crippen LogP contribution in [-0.2, 0) is 4.79 Å². The van der Waals surface area contributed by atoms with E-state index in [1.54, 1.807) is 7.11 Å². The number of rotatable bonds is 6. The first-order valence-electron chi connectivity index (χ1n) is 8.02. The van der Waals surface area contributed by atoms with E-state index in [-0.39, 0.29) is 5.91 Å². The van der Waals surface area contributed by atoms with Crippen LogP contribution in [0.5, 0.6) is 5.75 Å². The Labute approximate surface area is 161 Å². The standard InChI is InChI=1S/C19H19N3O2S2/c1-12-8-13(2)10-15(9-12)20-17(23)11-25-19-21-18(22-26-19)14-4-6-16(24-3)7-5-14/h4-10H,11H2,1-3H3,(H,20,23). The Kier molecular flexibility index (Phi) is 5.90. The quantitative estimate of drug-likeness (QED) is 0.630. The third kappa shape index (κ3) is 4.83. The molecular formula is C19H19N3O2S2. The first-order valence-corrected chi connectivity index (χ1v) is 9.78. The minimum atomic E-state index is -0.0544. The third-order valence-electron chi connectivity index (χ3n) is 3.59. The van der Waals surface area contributed by atoms with E-state index in [0.29, 0.717) is 11.6 Å². The molecule has 3 aromatic rings. The zero-order valence-electron chi connectivity index (χ0n) is 14.8. The van der Waals surface area contributed by atoms with E-state index >= 15 is 0 Å². The van der Waals surface area contributed by atoms with E-state index in [4.69, 9.17) is 4.74 Å². The Balaban J connectivity index is 1.57. The molecule has 0 spiro atoms. The lowest BCUT2D eigenvalue weighted by molar-refractivity contribution is -0.113. The summed E-state index contributed by atoms with van der Waals surface area (Å²) in [5.74, 6) is 1.70. The second-order valence-electron chi connectivity index (χ2n) is 5.83. The smallest absolute Gasteiger partial charge is 0.234 e. The Bertz CT molecular complexity index is 887. The summed E-state index contributed by atoms with van der Waals surface area (Å²) in [6.07, 6.45) is 0. The normalized spacial score (nSPS) is 10.6. The van der Waals surface area contributed by atoms with Crippen molar-refractivity contribution in [2.75, 3.05) is 18.2 Å². The van der Waals surface area contributed by atoms with E-state index in [1.807, 2.05) is 50.2 Å². The Morgan fingerprint density at radius 3 is 2.50 bits per heavy atom. The van der Waals surface area contributed by atoms with Gasteiger partial charge in [-0.15, -0.1) is 0 Å². The van der Waals surface area contributed by atoms with Crippen molar-refractivity contribution >= 4 is 34.9 Å². The lowest BCUT2D eigenvalue weighted by Crippen LogP contribution is -2.14. The van der Waals surface area contributed by atoms with Gasteiger partial charge < -0.3 is 10.1 Å². The van der Waals surface area contributed by atoms with Gasteiger partial charge in [-0.25, -0.2) is 4.98 Å². The van der Waals surface area contributed by atoms with Gasteiger partial charge in [0.2, 0.25) is 5.91 Å². The molecule has 2 aromatic carbocycles. The van der Waals surface area contributed by atoms with Crippen LogP contribution in [0.15, 0.2) is 46.8 Å². The predicted octanol–water partition coefficient (Wildman–Crippen LogP) is 4.56. The van der Waals surface area contributed by atoms with E-state index < -0.39 is 0 Å². The molecule has 26 heavy (non-hydrogen) atoms. The molecule has 0 fully saturated rings. The lowest BCUT2D eigenvalue weighted by atomic mass is 10.1. The van der Waals surface area contributed by atoms with Crippen LogP contribution < -0.4 is 10.1 Å². The summed E-state index contributed by atoms with van der Waals surface area (Å²) in [5, 5.41) is 2.93. The summed E-state index contributed by atoms with van der Waals surface area (Å²) >= 11 is 2.69. The molecule has 1 heterocycles. The van der Waals surface area contributed by atoms with Gasteiger partial charge in [-0.2, -0.15) is 4.37 Å². The third-order valence-corrected chi connectivity index (χ3v) is 5.42. The topological polar surface area (TPSA) is 64.1 Å². The number of aryl methyl sites for hydroxylation is 2. The highest BCUT2D eigenvalue weighted by atomic mass is 32.2. The molecule has 0 aliphatic rings. The minimum Gasteiger partial charge on any atom is -0.497 e. The number of nitrogens with one attached hydrogen (secondary N) is 1. The Hall–Kier alpha value is -2.38. The maximum atomic E-state index is 12.2. The number of ether oxygens (including phenoxy) is 1. The molecule has 1 aromatic heterocycles.